The summed E-state index contributed by atoms with van der Waals surface area (Å²) in [5.41, 5.74) is 0.378. The first-order chi connectivity index (χ1) is 8.81. The number of nitrogens with one attached hydrogen (secondary N) is 1. The van der Waals surface area contributed by atoms with Gasteiger partial charge in [0.1, 0.15) is 5.82 Å². The van der Waals surface area contributed by atoms with E-state index in [1.807, 2.05) is 6.20 Å². The Morgan fingerprint density at radius 1 is 1.44 bits per heavy atom. The molecule has 1 aromatic rings. The first kappa shape index (κ1) is 12.2. The van der Waals surface area contributed by atoms with Crippen molar-refractivity contribution >= 4 is 0 Å². The molecule has 4 heteroatoms. The molecule has 3 rings (SSSR count). The lowest BCUT2D eigenvalue weighted by Gasteiger charge is -2.37. The van der Waals surface area contributed by atoms with Crippen LogP contribution in [0.5, 0.6) is 0 Å². The molecule has 1 N–H and O–H groups in total. The molecule has 0 aliphatic carbocycles. The highest BCUT2D eigenvalue weighted by Gasteiger charge is 2.35. The van der Waals surface area contributed by atoms with Gasteiger partial charge in [-0.2, -0.15) is 0 Å². The third-order valence-electron chi connectivity index (χ3n) is 4.41. The lowest BCUT2D eigenvalue weighted by molar-refractivity contribution is 0.150. The first-order valence-corrected chi connectivity index (χ1v) is 7.29. The SMILES string of the molecule is CCCC1(CN2CCn3ccnc3C2)CCCN1. The molecule has 1 fully saturated rings. The Hall–Kier alpha value is -0.870. The number of hydrogen-bond donors (Lipinski definition) is 1. The second-order valence-corrected chi connectivity index (χ2v) is 5.81. The smallest absolute Gasteiger partial charge is 0.122 e. The minimum Gasteiger partial charge on any atom is -0.333 e. The fraction of sp³-hybridized carbons (Fsp3) is 0.786. The standard InChI is InChI=1S/C14H24N4/c1-2-4-14(5-3-6-16-14)12-17-9-10-18-8-7-15-13(18)11-17/h7-8,16H,2-6,9-12H2,1H3. The van der Waals surface area contributed by atoms with Gasteiger partial charge in [-0.1, -0.05) is 13.3 Å². The van der Waals surface area contributed by atoms with Gasteiger partial charge in [0, 0.05) is 37.6 Å². The number of imidazole rings is 1. The molecule has 0 saturated carbocycles. The molecular weight excluding hydrogens is 224 g/mol. The lowest BCUT2D eigenvalue weighted by atomic mass is 9.91. The maximum absolute atomic E-state index is 4.45. The van der Waals surface area contributed by atoms with Crippen LogP contribution in [-0.4, -0.2) is 39.6 Å². The molecule has 1 saturated heterocycles. The van der Waals surface area contributed by atoms with E-state index in [1.165, 1.54) is 44.6 Å². The zero-order chi connectivity index (χ0) is 12.4. The average Bonchev–Trinajstić information content (AvgIpc) is 2.98. The second kappa shape index (κ2) is 5.02. The minimum atomic E-state index is 0.378. The Labute approximate surface area is 109 Å². The van der Waals surface area contributed by atoms with Gasteiger partial charge in [-0.25, -0.2) is 4.98 Å². The highest BCUT2D eigenvalue weighted by Crippen LogP contribution is 2.27. The van der Waals surface area contributed by atoms with Crippen molar-refractivity contribution in [3.63, 3.8) is 0 Å². The quantitative estimate of drug-likeness (QED) is 0.879. The van der Waals surface area contributed by atoms with Crippen LogP contribution in [0.15, 0.2) is 12.4 Å². The van der Waals surface area contributed by atoms with Crippen LogP contribution in [0.25, 0.3) is 0 Å². The summed E-state index contributed by atoms with van der Waals surface area (Å²) in [6.45, 7) is 7.95. The van der Waals surface area contributed by atoms with Gasteiger partial charge in [0.15, 0.2) is 0 Å². The molecule has 4 nitrogen and oxygen atoms in total. The highest BCUT2D eigenvalue weighted by atomic mass is 15.3. The lowest BCUT2D eigenvalue weighted by Crippen LogP contribution is -2.51. The van der Waals surface area contributed by atoms with Crippen LogP contribution < -0.4 is 5.32 Å². The molecule has 2 aliphatic rings. The third kappa shape index (κ3) is 2.31. The van der Waals surface area contributed by atoms with Crippen molar-refractivity contribution in [2.75, 3.05) is 19.6 Å². The van der Waals surface area contributed by atoms with Crippen LogP contribution in [0, 0.1) is 0 Å². The number of fused-ring (bicyclic) bond motifs is 1. The molecule has 1 aromatic heterocycles. The van der Waals surface area contributed by atoms with E-state index in [-0.39, 0.29) is 0 Å². The Bertz CT molecular complexity index is 392. The molecule has 2 aliphatic heterocycles. The van der Waals surface area contributed by atoms with Crippen LogP contribution in [-0.2, 0) is 13.1 Å². The van der Waals surface area contributed by atoms with Crippen LogP contribution >= 0.6 is 0 Å². The Kier molecular flexibility index (Phi) is 3.39. The van der Waals surface area contributed by atoms with Crippen LogP contribution in [0.3, 0.4) is 0 Å². The zero-order valence-corrected chi connectivity index (χ0v) is 11.4. The van der Waals surface area contributed by atoms with E-state index in [2.05, 4.69) is 32.9 Å². The van der Waals surface area contributed by atoms with Crippen molar-refractivity contribution in [3.8, 4) is 0 Å². The summed E-state index contributed by atoms with van der Waals surface area (Å²) in [4.78, 5) is 7.03. The van der Waals surface area contributed by atoms with Crippen LogP contribution in [0.4, 0.5) is 0 Å². The molecule has 0 radical (unpaired) electrons. The highest BCUT2D eigenvalue weighted by molar-refractivity contribution is 5.00. The third-order valence-corrected chi connectivity index (χ3v) is 4.41. The number of rotatable bonds is 4. The van der Waals surface area contributed by atoms with Gasteiger partial charge < -0.3 is 9.88 Å². The van der Waals surface area contributed by atoms with Crippen molar-refractivity contribution in [2.24, 2.45) is 0 Å². The normalized spacial score (nSPS) is 28.5. The van der Waals surface area contributed by atoms with E-state index in [9.17, 15) is 0 Å². The molecule has 3 heterocycles. The number of aromatic nitrogens is 2. The molecule has 1 unspecified atom stereocenters. The second-order valence-electron chi connectivity index (χ2n) is 5.81. The summed E-state index contributed by atoms with van der Waals surface area (Å²) in [5.74, 6) is 1.23. The summed E-state index contributed by atoms with van der Waals surface area (Å²) in [7, 11) is 0. The van der Waals surface area contributed by atoms with Crippen molar-refractivity contribution in [1.82, 2.24) is 19.8 Å². The Morgan fingerprint density at radius 2 is 2.39 bits per heavy atom. The zero-order valence-electron chi connectivity index (χ0n) is 11.4. The summed E-state index contributed by atoms with van der Waals surface area (Å²) in [6, 6.07) is 0. The fourth-order valence-corrected chi connectivity index (χ4v) is 3.56. The molecule has 1 atom stereocenters. The largest absolute Gasteiger partial charge is 0.333 e. The topological polar surface area (TPSA) is 33.1 Å². The van der Waals surface area contributed by atoms with Gasteiger partial charge in [0.25, 0.3) is 0 Å². The maximum Gasteiger partial charge on any atom is 0.122 e. The van der Waals surface area contributed by atoms with Gasteiger partial charge in [-0.3, -0.25) is 4.90 Å². The van der Waals surface area contributed by atoms with Gasteiger partial charge in [-0.15, -0.1) is 0 Å². The van der Waals surface area contributed by atoms with Crippen molar-refractivity contribution < 1.29 is 0 Å². The van der Waals surface area contributed by atoms with E-state index in [0.717, 1.165) is 19.6 Å². The fourth-order valence-electron chi connectivity index (χ4n) is 3.56. The molecule has 0 spiro atoms. The van der Waals surface area contributed by atoms with E-state index < -0.39 is 0 Å². The molecule has 0 amide bonds. The van der Waals surface area contributed by atoms with Gasteiger partial charge >= 0.3 is 0 Å². The molecule has 18 heavy (non-hydrogen) atoms. The van der Waals surface area contributed by atoms with E-state index >= 15 is 0 Å². The predicted octanol–water partition coefficient (Wildman–Crippen LogP) is 1.62. The molecule has 0 bridgehead atoms. The molecular formula is C14H24N4. The van der Waals surface area contributed by atoms with Crippen molar-refractivity contribution in [1.29, 1.82) is 0 Å². The molecule has 0 aromatic carbocycles. The predicted molar refractivity (Wildman–Crippen MR) is 72.4 cm³/mol. The van der Waals surface area contributed by atoms with Crippen LogP contribution in [0.1, 0.15) is 38.4 Å². The van der Waals surface area contributed by atoms with Crippen molar-refractivity contribution in [3.05, 3.63) is 18.2 Å². The van der Waals surface area contributed by atoms with Crippen molar-refractivity contribution in [2.45, 2.75) is 51.2 Å². The number of nitrogens with zero attached hydrogens (tertiary/aromatic N) is 3. The van der Waals surface area contributed by atoms with Gasteiger partial charge in [0.05, 0.1) is 6.54 Å². The maximum atomic E-state index is 4.45. The van der Waals surface area contributed by atoms with Gasteiger partial charge in [0.2, 0.25) is 0 Å². The Balaban J connectivity index is 1.66. The molecule has 100 valence electrons. The summed E-state index contributed by atoms with van der Waals surface area (Å²) in [6.07, 6.45) is 9.28. The Morgan fingerprint density at radius 3 is 3.17 bits per heavy atom. The van der Waals surface area contributed by atoms with Crippen LogP contribution in [0.2, 0.25) is 0 Å². The average molecular weight is 248 g/mol. The van der Waals surface area contributed by atoms with Gasteiger partial charge in [-0.05, 0) is 25.8 Å². The van der Waals surface area contributed by atoms with E-state index in [4.69, 9.17) is 0 Å². The monoisotopic (exact) mass is 248 g/mol. The van der Waals surface area contributed by atoms with E-state index in [0.29, 0.717) is 5.54 Å². The number of hydrogen-bond acceptors (Lipinski definition) is 3. The summed E-state index contributed by atoms with van der Waals surface area (Å²) < 4.78 is 2.28. The van der Waals surface area contributed by atoms with E-state index in [1.54, 1.807) is 0 Å². The minimum absolute atomic E-state index is 0.378. The summed E-state index contributed by atoms with van der Waals surface area (Å²) in [5, 5.41) is 3.77. The summed E-state index contributed by atoms with van der Waals surface area (Å²) >= 11 is 0. The first-order valence-electron chi connectivity index (χ1n) is 7.29.